The number of rotatable bonds is 7. The van der Waals surface area contributed by atoms with E-state index in [2.05, 4.69) is 15.6 Å². The van der Waals surface area contributed by atoms with Crippen molar-refractivity contribution in [2.75, 3.05) is 10.6 Å². The smallest absolute Gasteiger partial charge is 0.333 e. The quantitative estimate of drug-likeness (QED) is 0.223. The molecule has 5 rings (SSSR count). The summed E-state index contributed by atoms with van der Waals surface area (Å²) in [5.74, 6) is 0. The van der Waals surface area contributed by atoms with Gasteiger partial charge in [0.15, 0.2) is 0 Å². The number of carbonyl (C=O) groups is 1. The topological polar surface area (TPSA) is 142 Å². The summed E-state index contributed by atoms with van der Waals surface area (Å²) in [5, 5.41) is 8.21. The van der Waals surface area contributed by atoms with E-state index in [-0.39, 0.29) is 15.6 Å². The lowest BCUT2D eigenvalue weighted by Crippen LogP contribution is -2.34. The van der Waals surface area contributed by atoms with Gasteiger partial charge in [0.2, 0.25) is 0 Å². The zero-order valence-electron chi connectivity index (χ0n) is 20.0. The summed E-state index contributed by atoms with van der Waals surface area (Å²) in [6.45, 7) is 0.530. The van der Waals surface area contributed by atoms with Gasteiger partial charge in [-0.05, 0) is 71.6 Å². The highest BCUT2D eigenvalue weighted by Gasteiger charge is 2.18. The van der Waals surface area contributed by atoms with E-state index in [1.165, 1.54) is 30.3 Å². The Morgan fingerprint density at radius 2 is 1.67 bits per heavy atom. The maximum absolute atomic E-state index is 13.2. The second-order valence-electron chi connectivity index (χ2n) is 8.35. The van der Waals surface area contributed by atoms with Crippen LogP contribution in [0, 0.1) is 0 Å². The lowest BCUT2D eigenvalue weighted by Gasteiger charge is -2.11. The van der Waals surface area contributed by atoms with Crippen LogP contribution in [0.3, 0.4) is 0 Å². The SMILES string of the molecule is O=C(Nc1ccc(-n2c(=O)[nH]c3cc(NCc4ccc(Cl)cc4)ccc3c2=O)cc1)NS(=O)(=O)c1cccs1. The summed E-state index contributed by atoms with van der Waals surface area (Å²) < 4.78 is 27.3. The van der Waals surface area contributed by atoms with Gasteiger partial charge in [-0.15, -0.1) is 11.3 Å². The number of hydrogen-bond donors (Lipinski definition) is 4. The molecule has 198 valence electrons. The van der Waals surface area contributed by atoms with Crippen LogP contribution in [0.2, 0.25) is 5.02 Å². The number of carbonyl (C=O) groups excluding carboxylic acids is 1. The predicted octanol–water partition coefficient (Wildman–Crippen LogP) is 4.52. The number of benzene rings is 3. The van der Waals surface area contributed by atoms with Gasteiger partial charge < -0.3 is 15.6 Å². The molecule has 2 aromatic heterocycles. The first-order valence-electron chi connectivity index (χ1n) is 11.4. The van der Waals surface area contributed by atoms with Crippen LogP contribution in [0.5, 0.6) is 0 Å². The molecule has 10 nitrogen and oxygen atoms in total. The Bertz CT molecular complexity index is 1880. The Morgan fingerprint density at radius 1 is 0.949 bits per heavy atom. The number of aromatic nitrogens is 2. The number of hydrogen-bond acceptors (Lipinski definition) is 7. The Hall–Kier alpha value is -4.39. The molecule has 0 atom stereocenters. The van der Waals surface area contributed by atoms with Gasteiger partial charge in [0.25, 0.3) is 15.6 Å². The Labute approximate surface area is 231 Å². The molecule has 0 bridgehead atoms. The van der Waals surface area contributed by atoms with Crippen LogP contribution in [-0.4, -0.2) is 24.0 Å². The maximum atomic E-state index is 13.2. The van der Waals surface area contributed by atoms with E-state index in [0.717, 1.165) is 27.2 Å². The van der Waals surface area contributed by atoms with Crippen molar-refractivity contribution < 1.29 is 13.2 Å². The van der Waals surface area contributed by atoms with Crippen molar-refractivity contribution in [3.05, 3.63) is 116 Å². The molecule has 0 aliphatic rings. The first kappa shape index (κ1) is 26.2. The molecule has 0 aliphatic heterocycles. The number of thiophene rings is 1. The second kappa shape index (κ2) is 10.8. The second-order valence-corrected chi connectivity index (χ2v) is 11.6. The fourth-order valence-electron chi connectivity index (χ4n) is 3.81. The number of halogens is 1. The molecule has 39 heavy (non-hydrogen) atoms. The molecular formula is C26H20ClN5O5S2. The summed E-state index contributed by atoms with van der Waals surface area (Å²) >= 11 is 6.90. The molecule has 5 aromatic rings. The van der Waals surface area contributed by atoms with Gasteiger partial charge in [-0.3, -0.25) is 4.79 Å². The molecule has 2 amide bonds. The lowest BCUT2D eigenvalue weighted by atomic mass is 10.2. The molecule has 0 saturated heterocycles. The number of sulfonamides is 1. The summed E-state index contributed by atoms with van der Waals surface area (Å²) in [5.41, 5.74) is 1.50. The summed E-state index contributed by atoms with van der Waals surface area (Å²) in [6, 6.07) is 20.3. The van der Waals surface area contributed by atoms with Crippen molar-refractivity contribution in [2.24, 2.45) is 0 Å². The third-order valence-electron chi connectivity index (χ3n) is 5.68. The van der Waals surface area contributed by atoms with E-state index in [0.29, 0.717) is 22.5 Å². The van der Waals surface area contributed by atoms with Crippen molar-refractivity contribution in [1.82, 2.24) is 14.3 Å². The average Bonchev–Trinajstić information content (AvgIpc) is 3.45. The highest BCUT2D eigenvalue weighted by Crippen LogP contribution is 2.18. The van der Waals surface area contributed by atoms with Crippen LogP contribution in [0.25, 0.3) is 16.6 Å². The Morgan fingerprint density at radius 3 is 2.36 bits per heavy atom. The molecule has 4 N–H and O–H groups in total. The molecule has 0 aliphatic carbocycles. The van der Waals surface area contributed by atoms with E-state index in [1.54, 1.807) is 41.8 Å². The minimum atomic E-state index is -3.99. The molecule has 0 spiro atoms. The van der Waals surface area contributed by atoms with Crippen molar-refractivity contribution >= 4 is 61.3 Å². The van der Waals surface area contributed by atoms with E-state index < -0.39 is 27.3 Å². The largest absolute Gasteiger partial charge is 0.381 e. The summed E-state index contributed by atoms with van der Waals surface area (Å²) in [4.78, 5) is 40.9. The minimum Gasteiger partial charge on any atom is -0.381 e. The van der Waals surface area contributed by atoms with Gasteiger partial charge in [0.1, 0.15) is 4.21 Å². The van der Waals surface area contributed by atoms with Gasteiger partial charge >= 0.3 is 11.7 Å². The van der Waals surface area contributed by atoms with Gasteiger partial charge in [-0.25, -0.2) is 27.3 Å². The van der Waals surface area contributed by atoms with Crippen molar-refractivity contribution in [2.45, 2.75) is 10.8 Å². The number of H-pyrrole nitrogens is 1. The molecule has 3 aromatic carbocycles. The molecule has 0 unspecified atom stereocenters. The van der Waals surface area contributed by atoms with Crippen LogP contribution in [0.1, 0.15) is 5.56 Å². The van der Waals surface area contributed by atoms with Crippen molar-refractivity contribution in [3.8, 4) is 5.69 Å². The predicted molar refractivity (Wildman–Crippen MR) is 153 cm³/mol. The maximum Gasteiger partial charge on any atom is 0.333 e. The molecule has 0 saturated carbocycles. The normalized spacial score (nSPS) is 11.3. The minimum absolute atomic E-state index is 0.00682. The number of nitrogens with one attached hydrogen (secondary N) is 4. The first-order chi connectivity index (χ1) is 18.7. The van der Waals surface area contributed by atoms with E-state index in [1.807, 2.05) is 16.9 Å². The van der Waals surface area contributed by atoms with Gasteiger partial charge in [0.05, 0.1) is 16.6 Å². The number of urea groups is 1. The van der Waals surface area contributed by atoms with Gasteiger partial charge in [0, 0.05) is 22.9 Å². The zero-order chi connectivity index (χ0) is 27.6. The van der Waals surface area contributed by atoms with Crippen LogP contribution in [0.4, 0.5) is 16.2 Å². The van der Waals surface area contributed by atoms with Crippen LogP contribution in [-0.2, 0) is 16.6 Å². The van der Waals surface area contributed by atoms with Crippen molar-refractivity contribution in [1.29, 1.82) is 0 Å². The Balaban J connectivity index is 1.32. The number of amides is 2. The number of fused-ring (bicyclic) bond motifs is 1. The van der Waals surface area contributed by atoms with Crippen LogP contribution in [0.15, 0.2) is 98.0 Å². The Kier molecular flexibility index (Phi) is 7.24. The highest BCUT2D eigenvalue weighted by molar-refractivity contribution is 7.92. The molecular weight excluding hydrogens is 562 g/mol. The summed E-state index contributed by atoms with van der Waals surface area (Å²) in [7, 11) is -3.99. The third-order valence-corrected chi connectivity index (χ3v) is 8.66. The van der Waals surface area contributed by atoms with E-state index in [4.69, 9.17) is 11.6 Å². The first-order valence-corrected chi connectivity index (χ1v) is 14.2. The molecule has 13 heteroatoms. The lowest BCUT2D eigenvalue weighted by molar-refractivity contribution is 0.256. The number of aromatic amines is 1. The van der Waals surface area contributed by atoms with Crippen molar-refractivity contribution in [3.63, 3.8) is 0 Å². The fourth-order valence-corrected chi connectivity index (χ4v) is 5.83. The number of nitrogens with zero attached hydrogens (tertiary/aromatic N) is 1. The van der Waals surface area contributed by atoms with Gasteiger partial charge in [-0.2, -0.15) is 0 Å². The summed E-state index contributed by atoms with van der Waals surface area (Å²) in [6.07, 6.45) is 0. The number of anilines is 2. The van der Waals surface area contributed by atoms with Gasteiger partial charge in [-0.1, -0.05) is 29.8 Å². The van der Waals surface area contributed by atoms with E-state index >= 15 is 0 Å². The zero-order valence-corrected chi connectivity index (χ0v) is 22.4. The van der Waals surface area contributed by atoms with E-state index in [9.17, 15) is 22.8 Å². The fraction of sp³-hybridized carbons (Fsp3) is 0.0385. The standard InChI is InChI=1S/C26H20ClN5O5S2/c27-17-5-3-16(4-6-17)15-28-19-9-12-21-22(14-19)30-26(35)32(24(21)33)20-10-7-18(8-11-20)29-25(34)31-39(36,37)23-2-1-13-38-23/h1-14,28H,15H2,(H,30,35)(H2,29,31,34). The van der Waals surface area contributed by atoms with Crippen LogP contribution < -0.4 is 26.6 Å². The van der Waals surface area contributed by atoms with Crippen LogP contribution >= 0.6 is 22.9 Å². The molecule has 0 fully saturated rings. The molecule has 2 heterocycles. The third kappa shape index (κ3) is 5.87. The molecule has 0 radical (unpaired) electrons. The highest BCUT2D eigenvalue weighted by atomic mass is 35.5. The monoisotopic (exact) mass is 581 g/mol. The average molecular weight is 582 g/mol.